The highest BCUT2D eigenvalue weighted by molar-refractivity contribution is 6.02. The summed E-state index contributed by atoms with van der Waals surface area (Å²) in [5.41, 5.74) is 2.38. The van der Waals surface area contributed by atoms with E-state index in [0.717, 1.165) is 17.7 Å². The monoisotopic (exact) mass is 298 g/mol. The number of carbonyl (C=O) groups excluding carboxylic acids is 2. The lowest BCUT2D eigenvalue weighted by Gasteiger charge is -2.32. The zero-order valence-electron chi connectivity index (χ0n) is 12.4. The highest BCUT2D eigenvalue weighted by atomic mass is 16.2. The van der Waals surface area contributed by atoms with Gasteiger partial charge >= 0.3 is 0 Å². The lowest BCUT2D eigenvalue weighted by Crippen LogP contribution is -2.52. The summed E-state index contributed by atoms with van der Waals surface area (Å²) < 4.78 is 0. The molecular formula is C16H18N4O2. The molecule has 114 valence electrons. The molecule has 2 heterocycles. The molecule has 1 atom stereocenters. The number of hydrogen-bond acceptors (Lipinski definition) is 3. The summed E-state index contributed by atoms with van der Waals surface area (Å²) in [4.78, 5) is 26.4. The van der Waals surface area contributed by atoms with E-state index in [2.05, 4.69) is 15.5 Å². The van der Waals surface area contributed by atoms with Gasteiger partial charge in [-0.1, -0.05) is 17.7 Å². The molecule has 6 nitrogen and oxygen atoms in total. The van der Waals surface area contributed by atoms with Crippen LogP contribution in [-0.4, -0.2) is 34.6 Å². The van der Waals surface area contributed by atoms with Crippen LogP contribution >= 0.6 is 0 Å². The van der Waals surface area contributed by atoms with Crippen LogP contribution in [0.4, 0.5) is 5.69 Å². The first-order valence-electron chi connectivity index (χ1n) is 7.33. The summed E-state index contributed by atoms with van der Waals surface area (Å²) in [5, 5.41) is 9.13. The van der Waals surface area contributed by atoms with E-state index in [1.165, 1.54) is 6.20 Å². The predicted molar refractivity (Wildman–Crippen MR) is 82.6 cm³/mol. The molecule has 2 amide bonds. The maximum atomic E-state index is 12.6. The number of carbonyl (C=O) groups is 2. The number of hydrogen-bond donors (Lipinski definition) is 2. The average molecular weight is 298 g/mol. The second-order valence-corrected chi connectivity index (χ2v) is 5.46. The molecule has 0 bridgehead atoms. The SMILES string of the molecule is Cc1ccc(N2CCC[C@@H](NC(=O)c3ccn[nH]3)C2=O)cc1. The van der Waals surface area contributed by atoms with Crippen molar-refractivity contribution in [3.05, 3.63) is 47.8 Å². The second-order valence-electron chi connectivity index (χ2n) is 5.46. The Morgan fingerprint density at radius 3 is 2.77 bits per heavy atom. The lowest BCUT2D eigenvalue weighted by atomic mass is 10.0. The summed E-state index contributed by atoms with van der Waals surface area (Å²) in [5.74, 6) is -0.371. The largest absolute Gasteiger partial charge is 0.339 e. The van der Waals surface area contributed by atoms with Crippen molar-refractivity contribution in [2.24, 2.45) is 0 Å². The Bertz CT molecular complexity index is 664. The zero-order chi connectivity index (χ0) is 15.5. The number of aromatic amines is 1. The number of benzene rings is 1. The maximum absolute atomic E-state index is 12.6. The summed E-state index contributed by atoms with van der Waals surface area (Å²) in [6, 6.07) is 8.93. The standard InChI is InChI=1S/C16H18N4O2/c1-11-4-6-12(7-5-11)20-10-2-3-14(16(20)22)18-15(21)13-8-9-17-19-13/h4-9,14H,2-3,10H2,1H3,(H,17,19)(H,18,21)/t14-/m1/s1. The molecule has 0 spiro atoms. The van der Waals surface area contributed by atoms with Gasteiger partial charge < -0.3 is 10.2 Å². The molecule has 2 N–H and O–H groups in total. The van der Waals surface area contributed by atoms with Crippen molar-refractivity contribution in [2.75, 3.05) is 11.4 Å². The molecule has 0 saturated carbocycles. The normalized spacial score (nSPS) is 18.3. The van der Waals surface area contributed by atoms with Crippen LogP contribution in [0.15, 0.2) is 36.5 Å². The van der Waals surface area contributed by atoms with E-state index in [1.54, 1.807) is 11.0 Å². The van der Waals surface area contributed by atoms with Gasteiger partial charge in [0.15, 0.2) is 0 Å². The van der Waals surface area contributed by atoms with Gasteiger partial charge in [-0.25, -0.2) is 0 Å². The smallest absolute Gasteiger partial charge is 0.269 e. The van der Waals surface area contributed by atoms with Gasteiger partial charge in [0.25, 0.3) is 5.91 Å². The van der Waals surface area contributed by atoms with Crippen molar-refractivity contribution in [1.29, 1.82) is 0 Å². The Morgan fingerprint density at radius 1 is 1.32 bits per heavy atom. The summed E-state index contributed by atoms with van der Waals surface area (Å²) in [6.07, 6.45) is 3.02. The van der Waals surface area contributed by atoms with Crippen molar-refractivity contribution in [3.63, 3.8) is 0 Å². The van der Waals surface area contributed by atoms with Crippen LogP contribution in [0.1, 0.15) is 28.9 Å². The van der Waals surface area contributed by atoms with E-state index >= 15 is 0 Å². The second kappa shape index (κ2) is 6.01. The van der Waals surface area contributed by atoms with Crippen LogP contribution in [0.2, 0.25) is 0 Å². The van der Waals surface area contributed by atoms with Gasteiger partial charge in [-0.3, -0.25) is 14.7 Å². The van der Waals surface area contributed by atoms with Crippen molar-refractivity contribution in [3.8, 4) is 0 Å². The zero-order valence-corrected chi connectivity index (χ0v) is 12.4. The number of anilines is 1. The number of nitrogens with zero attached hydrogens (tertiary/aromatic N) is 2. The van der Waals surface area contributed by atoms with Gasteiger partial charge in [-0.2, -0.15) is 5.10 Å². The number of nitrogens with one attached hydrogen (secondary N) is 2. The van der Waals surface area contributed by atoms with Crippen molar-refractivity contribution in [2.45, 2.75) is 25.8 Å². The number of H-pyrrole nitrogens is 1. The van der Waals surface area contributed by atoms with E-state index in [0.29, 0.717) is 18.7 Å². The van der Waals surface area contributed by atoms with Crippen molar-refractivity contribution < 1.29 is 9.59 Å². The van der Waals surface area contributed by atoms with Crippen molar-refractivity contribution >= 4 is 17.5 Å². The average Bonchev–Trinajstić information content (AvgIpc) is 3.05. The molecule has 1 saturated heterocycles. The van der Waals surface area contributed by atoms with E-state index < -0.39 is 6.04 Å². The number of aromatic nitrogens is 2. The molecule has 0 aliphatic carbocycles. The van der Waals surface area contributed by atoms with Gasteiger partial charge in [0.1, 0.15) is 11.7 Å². The van der Waals surface area contributed by atoms with Gasteiger partial charge in [-0.05, 0) is 38.0 Å². The van der Waals surface area contributed by atoms with E-state index in [-0.39, 0.29) is 11.8 Å². The molecule has 0 radical (unpaired) electrons. The molecule has 1 aliphatic heterocycles. The minimum Gasteiger partial charge on any atom is -0.339 e. The number of rotatable bonds is 3. The topological polar surface area (TPSA) is 78.1 Å². The minimum absolute atomic E-state index is 0.0667. The molecule has 3 rings (SSSR count). The van der Waals surface area contributed by atoms with Gasteiger partial charge in [0, 0.05) is 18.4 Å². The lowest BCUT2D eigenvalue weighted by molar-refractivity contribution is -0.121. The predicted octanol–water partition coefficient (Wildman–Crippen LogP) is 1.64. The molecule has 6 heteroatoms. The summed E-state index contributed by atoms with van der Waals surface area (Å²) >= 11 is 0. The summed E-state index contributed by atoms with van der Waals surface area (Å²) in [7, 11) is 0. The first-order valence-corrected chi connectivity index (χ1v) is 7.33. The van der Waals surface area contributed by atoms with E-state index in [1.807, 2.05) is 31.2 Å². The number of piperidine rings is 1. The van der Waals surface area contributed by atoms with Crippen LogP contribution in [0, 0.1) is 6.92 Å². The van der Waals surface area contributed by atoms with Crippen LogP contribution in [-0.2, 0) is 4.79 Å². The van der Waals surface area contributed by atoms with E-state index in [9.17, 15) is 9.59 Å². The first-order chi connectivity index (χ1) is 10.6. The minimum atomic E-state index is -0.495. The molecule has 1 fully saturated rings. The van der Waals surface area contributed by atoms with Gasteiger partial charge in [0.05, 0.1) is 0 Å². The quantitative estimate of drug-likeness (QED) is 0.904. The summed E-state index contributed by atoms with van der Waals surface area (Å²) in [6.45, 7) is 2.69. The number of amides is 2. The Morgan fingerprint density at radius 2 is 2.09 bits per heavy atom. The van der Waals surface area contributed by atoms with Crippen LogP contribution in [0.25, 0.3) is 0 Å². The molecule has 2 aromatic rings. The molecule has 1 aromatic heterocycles. The molecule has 1 aliphatic rings. The molecule has 0 unspecified atom stereocenters. The van der Waals surface area contributed by atoms with Crippen LogP contribution < -0.4 is 10.2 Å². The van der Waals surface area contributed by atoms with Crippen LogP contribution in [0.5, 0.6) is 0 Å². The first kappa shape index (κ1) is 14.3. The third-order valence-electron chi connectivity index (χ3n) is 3.83. The Labute approximate surface area is 128 Å². The Balaban J connectivity index is 1.72. The maximum Gasteiger partial charge on any atom is 0.269 e. The third-order valence-corrected chi connectivity index (χ3v) is 3.83. The molecular weight excluding hydrogens is 280 g/mol. The third kappa shape index (κ3) is 2.86. The fourth-order valence-corrected chi connectivity index (χ4v) is 2.61. The molecule has 22 heavy (non-hydrogen) atoms. The number of aryl methyl sites for hydroxylation is 1. The van der Waals surface area contributed by atoms with Crippen LogP contribution in [0.3, 0.4) is 0 Å². The highest BCUT2D eigenvalue weighted by Gasteiger charge is 2.31. The fourth-order valence-electron chi connectivity index (χ4n) is 2.61. The molecule has 1 aromatic carbocycles. The Hall–Kier alpha value is -2.63. The van der Waals surface area contributed by atoms with Gasteiger partial charge in [0.2, 0.25) is 5.91 Å². The fraction of sp³-hybridized carbons (Fsp3) is 0.312. The van der Waals surface area contributed by atoms with Crippen molar-refractivity contribution in [1.82, 2.24) is 15.5 Å². The highest BCUT2D eigenvalue weighted by Crippen LogP contribution is 2.21. The Kier molecular flexibility index (Phi) is 3.91. The van der Waals surface area contributed by atoms with Gasteiger partial charge in [-0.15, -0.1) is 0 Å². The van der Waals surface area contributed by atoms with E-state index in [4.69, 9.17) is 0 Å².